The number of aromatic nitrogens is 1. The van der Waals surface area contributed by atoms with E-state index in [4.69, 9.17) is 15.2 Å². The summed E-state index contributed by atoms with van der Waals surface area (Å²) in [4.78, 5) is 4.23. The molecule has 0 saturated carbocycles. The van der Waals surface area contributed by atoms with E-state index in [2.05, 4.69) is 11.1 Å². The van der Waals surface area contributed by atoms with Crippen molar-refractivity contribution < 1.29 is 9.90 Å². The van der Waals surface area contributed by atoms with Crippen LogP contribution in [0.2, 0.25) is 0 Å². The van der Waals surface area contributed by atoms with Crippen LogP contribution in [0, 0.1) is 18.2 Å². The van der Waals surface area contributed by atoms with Crippen molar-refractivity contribution in [2.75, 3.05) is 0 Å². The average Bonchev–Trinajstić information content (AvgIpc) is 2.99. The van der Waals surface area contributed by atoms with E-state index in [1.807, 2.05) is 18.2 Å². The van der Waals surface area contributed by atoms with Crippen LogP contribution in [0.15, 0.2) is 59.1 Å². The largest absolute Gasteiger partial charge is 0.455 e. The first-order valence-electron chi connectivity index (χ1n) is 8.71. The minimum atomic E-state index is -2.39. The first-order chi connectivity index (χ1) is 12.4. The van der Waals surface area contributed by atoms with Gasteiger partial charge in [-0.1, -0.05) is 12.1 Å². The van der Waals surface area contributed by atoms with Crippen molar-refractivity contribution >= 4 is 21.9 Å². The molecule has 0 fully saturated rings. The summed E-state index contributed by atoms with van der Waals surface area (Å²) in [5, 5.41) is 10.8. The van der Waals surface area contributed by atoms with Crippen molar-refractivity contribution in [2.24, 2.45) is 0 Å². The predicted molar refractivity (Wildman–Crippen MR) is 86.4 cm³/mol. The Labute approximate surface area is 133 Å². The van der Waals surface area contributed by atoms with Gasteiger partial charge in [-0.3, -0.25) is 4.98 Å². The lowest BCUT2D eigenvalue weighted by molar-refractivity contribution is 0.669. The van der Waals surface area contributed by atoms with Crippen LogP contribution >= 0.6 is 0 Å². The van der Waals surface area contributed by atoms with Gasteiger partial charge < -0.3 is 4.42 Å². The van der Waals surface area contributed by atoms with E-state index in [1.165, 1.54) is 12.3 Å². The lowest BCUT2D eigenvalue weighted by atomic mass is 10.0. The molecular weight excluding hydrogens is 272 g/mol. The number of benzene rings is 2. The first-order valence-corrected chi connectivity index (χ1v) is 6.71. The fourth-order valence-electron chi connectivity index (χ4n) is 2.60. The molecule has 2 aromatic heterocycles. The second kappa shape index (κ2) is 4.71. The summed E-state index contributed by atoms with van der Waals surface area (Å²) in [6.45, 7) is -2.39. The van der Waals surface area contributed by atoms with E-state index in [-0.39, 0.29) is 11.6 Å². The molecule has 104 valence electrons. The standard InChI is InChI=1S/C19H12N2O/c1-12-7-8-21-17(9-12)16-4-2-3-15-14-6-5-13(11-20)10-18(14)22-19(15)16/h2-10H,1H3/i1D3,7D. The van der Waals surface area contributed by atoms with Crippen LogP contribution in [0.25, 0.3) is 33.2 Å². The third-order valence-corrected chi connectivity index (χ3v) is 3.61. The number of hydrogen-bond acceptors (Lipinski definition) is 3. The molecule has 22 heavy (non-hydrogen) atoms. The summed E-state index contributed by atoms with van der Waals surface area (Å²) in [5.74, 6) is 0. The molecule has 3 nitrogen and oxygen atoms in total. The molecule has 4 rings (SSSR count). The normalized spacial score (nSPS) is 14.1. The smallest absolute Gasteiger partial charge is 0.144 e. The first kappa shape index (κ1) is 9.01. The number of pyridine rings is 1. The maximum absolute atomic E-state index is 9.06. The van der Waals surface area contributed by atoms with Crippen molar-refractivity contribution in [3.63, 3.8) is 0 Å². The number of aryl methyl sites for hydroxylation is 1. The third kappa shape index (κ3) is 1.86. The highest BCUT2D eigenvalue weighted by Gasteiger charge is 2.13. The van der Waals surface area contributed by atoms with Crippen LogP contribution in [-0.2, 0) is 0 Å². The molecule has 0 N–H and O–H groups in total. The lowest BCUT2D eigenvalue weighted by Gasteiger charge is -2.02. The molecule has 0 amide bonds. The Bertz CT molecular complexity index is 1200. The fraction of sp³-hybridized carbons (Fsp3) is 0.0526. The Kier molecular flexibility index (Phi) is 1.93. The van der Waals surface area contributed by atoms with Crippen molar-refractivity contribution in [2.45, 2.75) is 6.85 Å². The van der Waals surface area contributed by atoms with Crippen LogP contribution in [-0.4, -0.2) is 4.98 Å². The number of hydrogen-bond donors (Lipinski definition) is 0. The molecule has 0 radical (unpaired) electrons. The monoisotopic (exact) mass is 288 g/mol. The summed E-state index contributed by atoms with van der Waals surface area (Å²) in [5.41, 5.74) is 2.67. The Morgan fingerprint density at radius 1 is 1.23 bits per heavy atom. The molecule has 2 heterocycles. The molecule has 0 atom stereocenters. The van der Waals surface area contributed by atoms with Crippen LogP contribution in [0.3, 0.4) is 0 Å². The van der Waals surface area contributed by atoms with Gasteiger partial charge in [-0.2, -0.15) is 5.26 Å². The number of furan rings is 1. The van der Waals surface area contributed by atoms with Crippen LogP contribution in [0.4, 0.5) is 0 Å². The van der Waals surface area contributed by atoms with Gasteiger partial charge in [-0.25, -0.2) is 0 Å². The summed E-state index contributed by atoms with van der Waals surface area (Å²) in [7, 11) is 0. The molecule has 3 heteroatoms. The van der Waals surface area contributed by atoms with Crippen LogP contribution < -0.4 is 0 Å². The van der Waals surface area contributed by atoms with Gasteiger partial charge in [0.2, 0.25) is 0 Å². The second-order valence-electron chi connectivity index (χ2n) is 4.95. The third-order valence-electron chi connectivity index (χ3n) is 3.61. The summed E-state index contributed by atoms with van der Waals surface area (Å²) < 4.78 is 36.6. The van der Waals surface area contributed by atoms with E-state index in [9.17, 15) is 0 Å². The van der Waals surface area contributed by atoms with E-state index < -0.39 is 6.85 Å². The Balaban J connectivity index is 2.00. The Hall–Kier alpha value is -3.12. The van der Waals surface area contributed by atoms with Gasteiger partial charge in [-0.15, -0.1) is 0 Å². The van der Waals surface area contributed by atoms with Gasteiger partial charge >= 0.3 is 0 Å². The highest BCUT2D eigenvalue weighted by Crippen LogP contribution is 2.35. The maximum atomic E-state index is 9.06. The zero-order valence-corrected chi connectivity index (χ0v) is 11.4. The summed E-state index contributed by atoms with van der Waals surface area (Å²) in [6, 6.07) is 14.2. The molecule has 0 aliphatic carbocycles. The number of para-hydroxylation sites is 1. The van der Waals surface area contributed by atoms with Crippen molar-refractivity contribution in [1.29, 1.82) is 5.26 Å². The zero-order valence-electron chi connectivity index (χ0n) is 15.4. The van der Waals surface area contributed by atoms with E-state index in [0.29, 0.717) is 28.0 Å². The second-order valence-corrected chi connectivity index (χ2v) is 4.95. The van der Waals surface area contributed by atoms with Crippen molar-refractivity contribution in [3.8, 4) is 17.3 Å². The number of nitriles is 1. The van der Waals surface area contributed by atoms with Crippen molar-refractivity contribution in [3.05, 3.63) is 65.8 Å². The van der Waals surface area contributed by atoms with Crippen LogP contribution in [0.5, 0.6) is 0 Å². The Morgan fingerprint density at radius 3 is 3.05 bits per heavy atom. The Morgan fingerprint density at radius 2 is 2.18 bits per heavy atom. The fourth-order valence-corrected chi connectivity index (χ4v) is 2.60. The highest BCUT2D eigenvalue weighted by molar-refractivity contribution is 6.09. The lowest BCUT2D eigenvalue weighted by Crippen LogP contribution is -1.84. The van der Waals surface area contributed by atoms with Gasteiger partial charge in [0, 0.05) is 26.6 Å². The maximum Gasteiger partial charge on any atom is 0.144 e. The molecule has 2 aromatic carbocycles. The molecule has 0 aliphatic rings. The van der Waals surface area contributed by atoms with Crippen LogP contribution in [0.1, 0.15) is 16.6 Å². The van der Waals surface area contributed by atoms with Gasteiger partial charge in [-0.05, 0) is 48.8 Å². The van der Waals surface area contributed by atoms with E-state index in [0.717, 1.165) is 10.8 Å². The van der Waals surface area contributed by atoms with Gasteiger partial charge in [0.15, 0.2) is 0 Å². The molecule has 0 saturated heterocycles. The average molecular weight is 288 g/mol. The quantitative estimate of drug-likeness (QED) is 0.504. The van der Waals surface area contributed by atoms with Gasteiger partial charge in [0.25, 0.3) is 0 Å². The molecule has 4 aromatic rings. The molecular formula is C19H12N2O. The zero-order chi connectivity index (χ0) is 18.5. The molecule has 0 bridgehead atoms. The number of rotatable bonds is 1. The van der Waals surface area contributed by atoms with Crippen molar-refractivity contribution in [1.82, 2.24) is 4.98 Å². The number of fused-ring (bicyclic) bond motifs is 3. The summed E-state index contributed by atoms with van der Waals surface area (Å²) in [6.07, 6.45) is 1.24. The SMILES string of the molecule is [2H]c1cnc(-c2cccc3c2oc2cc(C#N)ccc23)cc1C([2H])([2H])[2H]. The molecule has 0 spiro atoms. The predicted octanol–water partition coefficient (Wildman–Crippen LogP) is 4.83. The van der Waals surface area contributed by atoms with Gasteiger partial charge in [0.1, 0.15) is 11.2 Å². The minimum absolute atomic E-state index is 0.0534. The minimum Gasteiger partial charge on any atom is -0.455 e. The molecule has 0 aliphatic heterocycles. The number of nitrogens with zero attached hydrogens (tertiary/aromatic N) is 2. The topological polar surface area (TPSA) is 49.8 Å². The van der Waals surface area contributed by atoms with E-state index in [1.54, 1.807) is 18.2 Å². The van der Waals surface area contributed by atoms with E-state index >= 15 is 0 Å². The molecule has 0 unspecified atom stereocenters. The highest BCUT2D eigenvalue weighted by atomic mass is 16.3. The van der Waals surface area contributed by atoms with Gasteiger partial charge in [0.05, 0.1) is 18.7 Å². The summed E-state index contributed by atoms with van der Waals surface area (Å²) >= 11 is 0.